The topological polar surface area (TPSA) is 68.2 Å². The molecule has 0 aliphatic heterocycles. The number of anilines is 1. The van der Waals surface area contributed by atoms with Gasteiger partial charge in [0.15, 0.2) is 0 Å². The van der Waals surface area contributed by atoms with E-state index in [9.17, 15) is 0 Å². The Hall–Kier alpha value is -2.18. The largest absolute Gasteiger partial charge is 0.404 e. The third-order valence-corrected chi connectivity index (χ3v) is 4.09. The van der Waals surface area contributed by atoms with Gasteiger partial charge >= 0.3 is 6.01 Å². The fourth-order valence-corrected chi connectivity index (χ4v) is 3.21. The molecule has 0 saturated carbocycles. The second kappa shape index (κ2) is 5.67. The molecule has 2 aromatic heterocycles. The fourth-order valence-electron chi connectivity index (χ4n) is 2.09. The summed E-state index contributed by atoms with van der Waals surface area (Å²) in [5.74, 6) is 0.444. The highest BCUT2D eigenvalue weighted by Gasteiger charge is 2.09. The summed E-state index contributed by atoms with van der Waals surface area (Å²) in [5.41, 5.74) is 7.48. The van der Waals surface area contributed by atoms with Crippen molar-refractivity contribution in [2.45, 2.75) is 6.54 Å². The van der Waals surface area contributed by atoms with E-state index in [1.165, 1.54) is 9.75 Å². The van der Waals surface area contributed by atoms with Crippen LogP contribution in [-0.2, 0) is 6.54 Å². The lowest BCUT2D eigenvalue weighted by Gasteiger charge is -2.06. The minimum absolute atomic E-state index is 0.0831. The quantitative estimate of drug-likeness (QED) is 0.802. The standard InChI is InChI=1S/C15H16N4OS/c1-19(2)9-12-6-7-13(21-12)10-4-3-5-11(8-10)14-17-18-15(16)20-14/h3-8H,9H2,1-2H3,(H2,16,18). The first-order valence-electron chi connectivity index (χ1n) is 6.55. The van der Waals surface area contributed by atoms with Gasteiger partial charge in [-0.3, -0.25) is 0 Å². The van der Waals surface area contributed by atoms with E-state index in [1.54, 1.807) is 11.3 Å². The molecule has 3 rings (SSSR count). The summed E-state index contributed by atoms with van der Waals surface area (Å²) in [6.07, 6.45) is 0. The number of benzene rings is 1. The van der Waals surface area contributed by atoms with Gasteiger partial charge in [-0.05, 0) is 43.9 Å². The summed E-state index contributed by atoms with van der Waals surface area (Å²) >= 11 is 1.79. The molecule has 0 aliphatic rings. The molecule has 2 heterocycles. The number of nitrogen functional groups attached to an aromatic ring is 1. The highest BCUT2D eigenvalue weighted by molar-refractivity contribution is 7.15. The van der Waals surface area contributed by atoms with Gasteiger partial charge < -0.3 is 15.1 Å². The van der Waals surface area contributed by atoms with Crippen LogP contribution in [0.3, 0.4) is 0 Å². The van der Waals surface area contributed by atoms with Crippen molar-refractivity contribution < 1.29 is 4.42 Å². The number of aromatic nitrogens is 2. The molecule has 0 unspecified atom stereocenters. The van der Waals surface area contributed by atoms with Crippen molar-refractivity contribution >= 4 is 17.4 Å². The van der Waals surface area contributed by atoms with E-state index >= 15 is 0 Å². The van der Waals surface area contributed by atoms with Crippen LogP contribution in [0.5, 0.6) is 0 Å². The predicted octanol–water partition coefficient (Wildman–Crippen LogP) is 3.11. The number of hydrogen-bond donors (Lipinski definition) is 1. The van der Waals surface area contributed by atoms with E-state index in [0.29, 0.717) is 5.89 Å². The molecule has 0 spiro atoms. The zero-order chi connectivity index (χ0) is 14.8. The lowest BCUT2D eigenvalue weighted by atomic mass is 10.1. The second-order valence-electron chi connectivity index (χ2n) is 5.03. The maximum atomic E-state index is 5.47. The molecule has 5 nitrogen and oxygen atoms in total. The minimum atomic E-state index is 0.0831. The predicted molar refractivity (Wildman–Crippen MR) is 84.9 cm³/mol. The molecular formula is C15H16N4OS. The molecule has 21 heavy (non-hydrogen) atoms. The summed E-state index contributed by atoms with van der Waals surface area (Å²) in [6.45, 7) is 0.949. The summed E-state index contributed by atoms with van der Waals surface area (Å²) in [7, 11) is 4.14. The van der Waals surface area contributed by atoms with Gasteiger partial charge in [0.2, 0.25) is 5.89 Å². The van der Waals surface area contributed by atoms with E-state index in [2.05, 4.69) is 47.4 Å². The molecule has 0 amide bonds. The minimum Gasteiger partial charge on any atom is -0.404 e. The van der Waals surface area contributed by atoms with Gasteiger partial charge in [-0.1, -0.05) is 17.2 Å². The van der Waals surface area contributed by atoms with Crippen LogP contribution in [0.15, 0.2) is 40.8 Å². The van der Waals surface area contributed by atoms with Gasteiger partial charge in [0.05, 0.1) is 0 Å². The molecule has 3 aromatic rings. The molecule has 0 aliphatic carbocycles. The van der Waals surface area contributed by atoms with Crippen molar-refractivity contribution in [1.82, 2.24) is 15.1 Å². The van der Waals surface area contributed by atoms with Crippen LogP contribution in [0.1, 0.15) is 4.88 Å². The zero-order valence-corrected chi connectivity index (χ0v) is 12.7. The van der Waals surface area contributed by atoms with Gasteiger partial charge in [0.1, 0.15) is 0 Å². The Morgan fingerprint density at radius 2 is 1.95 bits per heavy atom. The number of hydrogen-bond acceptors (Lipinski definition) is 6. The van der Waals surface area contributed by atoms with Crippen LogP contribution in [0.2, 0.25) is 0 Å². The molecule has 108 valence electrons. The van der Waals surface area contributed by atoms with Crippen molar-refractivity contribution in [1.29, 1.82) is 0 Å². The Morgan fingerprint density at radius 3 is 2.67 bits per heavy atom. The molecule has 0 radical (unpaired) electrons. The molecule has 0 saturated heterocycles. The first-order chi connectivity index (χ1) is 10.1. The van der Waals surface area contributed by atoms with E-state index in [-0.39, 0.29) is 6.01 Å². The van der Waals surface area contributed by atoms with E-state index in [4.69, 9.17) is 10.2 Å². The lowest BCUT2D eigenvalue weighted by Crippen LogP contribution is -2.09. The summed E-state index contributed by atoms with van der Waals surface area (Å²) in [4.78, 5) is 4.72. The molecule has 0 atom stereocenters. The summed E-state index contributed by atoms with van der Waals surface area (Å²) in [6, 6.07) is 12.4. The maximum absolute atomic E-state index is 5.47. The number of nitrogens with two attached hydrogens (primary N) is 1. The molecule has 6 heteroatoms. The van der Waals surface area contributed by atoms with Gasteiger partial charge in [-0.15, -0.1) is 16.4 Å². The third kappa shape index (κ3) is 3.12. The van der Waals surface area contributed by atoms with Gasteiger partial charge in [-0.2, -0.15) is 0 Å². The van der Waals surface area contributed by atoms with Crippen LogP contribution in [0.4, 0.5) is 6.01 Å². The van der Waals surface area contributed by atoms with Crippen molar-refractivity contribution in [3.8, 4) is 21.9 Å². The third-order valence-electron chi connectivity index (χ3n) is 2.97. The average molecular weight is 300 g/mol. The van der Waals surface area contributed by atoms with Crippen molar-refractivity contribution in [3.05, 3.63) is 41.3 Å². The van der Waals surface area contributed by atoms with E-state index in [1.807, 2.05) is 18.2 Å². The molecule has 0 bridgehead atoms. The van der Waals surface area contributed by atoms with Gasteiger partial charge in [0, 0.05) is 21.9 Å². The van der Waals surface area contributed by atoms with E-state index < -0.39 is 0 Å². The second-order valence-corrected chi connectivity index (χ2v) is 6.20. The van der Waals surface area contributed by atoms with Crippen LogP contribution in [0.25, 0.3) is 21.9 Å². The lowest BCUT2D eigenvalue weighted by molar-refractivity contribution is 0.406. The Labute approximate surface area is 127 Å². The summed E-state index contributed by atoms with van der Waals surface area (Å²) < 4.78 is 5.27. The van der Waals surface area contributed by atoms with Gasteiger partial charge in [0.25, 0.3) is 0 Å². The Kier molecular flexibility index (Phi) is 3.72. The van der Waals surface area contributed by atoms with Crippen LogP contribution in [-0.4, -0.2) is 29.2 Å². The maximum Gasteiger partial charge on any atom is 0.313 e. The normalized spacial score (nSPS) is 11.2. The van der Waals surface area contributed by atoms with Crippen molar-refractivity contribution in [2.75, 3.05) is 19.8 Å². The molecule has 2 N–H and O–H groups in total. The van der Waals surface area contributed by atoms with Gasteiger partial charge in [-0.25, -0.2) is 0 Å². The highest BCUT2D eigenvalue weighted by atomic mass is 32.1. The van der Waals surface area contributed by atoms with Crippen LogP contribution < -0.4 is 5.73 Å². The van der Waals surface area contributed by atoms with Crippen molar-refractivity contribution in [2.24, 2.45) is 0 Å². The molecule has 1 aromatic carbocycles. The summed E-state index contributed by atoms with van der Waals surface area (Å²) in [5, 5.41) is 7.61. The monoisotopic (exact) mass is 300 g/mol. The Morgan fingerprint density at radius 1 is 1.14 bits per heavy atom. The van der Waals surface area contributed by atoms with Crippen LogP contribution in [0, 0.1) is 0 Å². The van der Waals surface area contributed by atoms with Crippen LogP contribution >= 0.6 is 11.3 Å². The number of rotatable bonds is 4. The molecule has 0 fully saturated rings. The number of nitrogens with zero attached hydrogens (tertiary/aromatic N) is 3. The molecular weight excluding hydrogens is 284 g/mol. The Balaban J connectivity index is 1.91. The first kappa shape index (κ1) is 13.8. The zero-order valence-electron chi connectivity index (χ0n) is 11.9. The van der Waals surface area contributed by atoms with E-state index in [0.717, 1.165) is 17.7 Å². The van der Waals surface area contributed by atoms with Crippen molar-refractivity contribution in [3.63, 3.8) is 0 Å². The highest BCUT2D eigenvalue weighted by Crippen LogP contribution is 2.31. The number of thiophene rings is 1. The fraction of sp³-hybridized carbons (Fsp3) is 0.200. The SMILES string of the molecule is CN(C)Cc1ccc(-c2cccc(-c3nnc(N)o3)c2)s1. The average Bonchev–Trinajstić information content (AvgIpc) is 3.07. The Bertz CT molecular complexity index is 747. The first-order valence-corrected chi connectivity index (χ1v) is 7.37. The smallest absolute Gasteiger partial charge is 0.313 e.